The minimum atomic E-state index is -0.237. The number of aromatic nitrogens is 4. The second-order valence-electron chi connectivity index (χ2n) is 15.7. The maximum atomic E-state index is 5.19. The van der Waals surface area contributed by atoms with Gasteiger partial charge in [-0.15, -0.1) is 0 Å². The molecule has 0 N–H and O–H groups in total. The molecule has 1 aliphatic carbocycles. The van der Waals surface area contributed by atoms with Crippen LogP contribution in [-0.4, -0.2) is 19.1 Å². The molecule has 3 aromatic heterocycles. The maximum Gasteiger partial charge on any atom is 0.160 e. The summed E-state index contributed by atoms with van der Waals surface area (Å²) in [6, 6.07) is 65.4. The highest BCUT2D eigenvalue weighted by atomic mass is 15.0. The van der Waals surface area contributed by atoms with Crippen molar-refractivity contribution in [1.82, 2.24) is 19.1 Å². The zero-order valence-corrected chi connectivity index (χ0v) is 31.6. The van der Waals surface area contributed by atoms with Gasteiger partial charge in [-0.25, -0.2) is 9.97 Å². The number of rotatable bonds is 4. The Balaban J connectivity index is 1.19. The molecule has 11 aromatic rings. The molecule has 8 aromatic carbocycles. The third-order valence-electron chi connectivity index (χ3n) is 12.3. The van der Waals surface area contributed by atoms with Gasteiger partial charge in [0, 0.05) is 60.4 Å². The minimum Gasteiger partial charge on any atom is -0.309 e. The van der Waals surface area contributed by atoms with Crippen molar-refractivity contribution in [2.75, 3.05) is 0 Å². The van der Waals surface area contributed by atoms with Gasteiger partial charge >= 0.3 is 0 Å². The molecule has 0 radical (unpaired) electrons. The highest BCUT2D eigenvalue weighted by Gasteiger charge is 2.41. The van der Waals surface area contributed by atoms with Gasteiger partial charge in [0.05, 0.1) is 33.3 Å². The molecule has 4 nitrogen and oxygen atoms in total. The molecule has 0 saturated carbocycles. The van der Waals surface area contributed by atoms with Gasteiger partial charge in [-0.05, 0) is 71.3 Å². The van der Waals surface area contributed by atoms with E-state index in [0.29, 0.717) is 5.82 Å². The average Bonchev–Trinajstić information content (AvgIpc) is 3.87. The molecular weight excluding hydrogens is 693 g/mol. The summed E-state index contributed by atoms with van der Waals surface area (Å²) in [7, 11) is 0. The number of hydrogen-bond acceptors (Lipinski definition) is 2. The Bertz CT molecular complexity index is 3410. The molecule has 0 fully saturated rings. The van der Waals surface area contributed by atoms with Crippen molar-refractivity contribution in [3.05, 3.63) is 193 Å². The second-order valence-corrected chi connectivity index (χ2v) is 15.7. The van der Waals surface area contributed by atoms with E-state index in [1.165, 1.54) is 65.9 Å². The summed E-state index contributed by atoms with van der Waals surface area (Å²) in [5.74, 6) is 0.715. The fourth-order valence-corrected chi connectivity index (χ4v) is 9.85. The lowest BCUT2D eigenvalue weighted by molar-refractivity contribution is 0.667. The fraction of sp³-hybridized carbons (Fsp3) is 0.0566. The predicted molar refractivity (Wildman–Crippen MR) is 237 cm³/mol. The number of hydrogen-bond donors (Lipinski definition) is 0. The van der Waals surface area contributed by atoms with Crippen LogP contribution in [0.2, 0.25) is 0 Å². The largest absolute Gasteiger partial charge is 0.309 e. The fourth-order valence-electron chi connectivity index (χ4n) is 9.85. The smallest absolute Gasteiger partial charge is 0.160 e. The van der Waals surface area contributed by atoms with E-state index < -0.39 is 0 Å². The van der Waals surface area contributed by atoms with Crippen molar-refractivity contribution < 1.29 is 0 Å². The summed E-state index contributed by atoms with van der Waals surface area (Å²) >= 11 is 0. The van der Waals surface area contributed by atoms with E-state index in [0.717, 1.165) is 39.1 Å². The number of para-hydroxylation sites is 4. The highest BCUT2D eigenvalue weighted by Crippen LogP contribution is 2.58. The van der Waals surface area contributed by atoms with Gasteiger partial charge in [0.15, 0.2) is 5.82 Å². The molecule has 0 spiro atoms. The minimum absolute atomic E-state index is 0.237. The lowest BCUT2D eigenvalue weighted by Crippen LogP contribution is -2.15. The molecule has 57 heavy (non-hydrogen) atoms. The molecule has 0 atom stereocenters. The van der Waals surface area contributed by atoms with Gasteiger partial charge in [-0.3, -0.25) is 0 Å². The van der Waals surface area contributed by atoms with E-state index in [2.05, 4.69) is 193 Å². The zero-order valence-electron chi connectivity index (χ0n) is 31.6. The Labute approximate surface area is 329 Å². The molecule has 0 saturated heterocycles. The van der Waals surface area contributed by atoms with E-state index in [9.17, 15) is 0 Å². The van der Waals surface area contributed by atoms with E-state index >= 15 is 0 Å². The van der Waals surface area contributed by atoms with Gasteiger partial charge in [0.25, 0.3) is 0 Å². The summed E-state index contributed by atoms with van der Waals surface area (Å²) in [5.41, 5.74) is 16.2. The Morgan fingerprint density at radius 1 is 0.439 bits per heavy atom. The molecule has 1 aliphatic rings. The third kappa shape index (κ3) is 4.44. The molecule has 0 aliphatic heterocycles. The van der Waals surface area contributed by atoms with Crippen molar-refractivity contribution >= 4 is 54.5 Å². The molecule has 4 heteroatoms. The van der Waals surface area contributed by atoms with Gasteiger partial charge in [0.1, 0.15) is 0 Å². The van der Waals surface area contributed by atoms with Crippen molar-refractivity contribution in [3.8, 4) is 45.1 Å². The van der Waals surface area contributed by atoms with E-state index in [1.54, 1.807) is 0 Å². The van der Waals surface area contributed by atoms with Crippen LogP contribution < -0.4 is 0 Å². The number of nitrogens with zero attached hydrogens (tertiary/aromatic N) is 4. The lowest BCUT2D eigenvalue weighted by atomic mass is 9.80. The molecule has 3 heterocycles. The first-order chi connectivity index (χ1) is 28.1. The average molecular weight is 729 g/mol. The Hall–Kier alpha value is -7.30. The van der Waals surface area contributed by atoms with Crippen LogP contribution in [0.15, 0.2) is 182 Å². The van der Waals surface area contributed by atoms with Gasteiger partial charge < -0.3 is 9.13 Å². The normalized spacial score (nSPS) is 13.2. The highest BCUT2D eigenvalue weighted by molar-refractivity contribution is 6.31. The van der Waals surface area contributed by atoms with Crippen LogP contribution in [0.5, 0.6) is 0 Å². The number of fused-ring (bicyclic) bond motifs is 13. The van der Waals surface area contributed by atoms with Crippen LogP contribution in [-0.2, 0) is 5.41 Å². The summed E-state index contributed by atoms with van der Waals surface area (Å²) in [4.78, 5) is 10.3. The summed E-state index contributed by atoms with van der Waals surface area (Å²) in [6.45, 7) is 4.82. The topological polar surface area (TPSA) is 35.6 Å². The zero-order chi connectivity index (χ0) is 37.8. The molecule has 0 bridgehead atoms. The first-order valence-electron chi connectivity index (χ1n) is 19.7. The monoisotopic (exact) mass is 728 g/mol. The Morgan fingerprint density at radius 3 is 1.74 bits per heavy atom. The molecule has 0 amide bonds. The second kappa shape index (κ2) is 11.8. The van der Waals surface area contributed by atoms with Crippen LogP contribution >= 0.6 is 0 Å². The van der Waals surface area contributed by atoms with Crippen LogP contribution in [0.1, 0.15) is 25.0 Å². The quantitative estimate of drug-likeness (QED) is 0.181. The molecule has 0 unspecified atom stereocenters. The first-order valence-corrected chi connectivity index (χ1v) is 19.7. The maximum absolute atomic E-state index is 5.19. The van der Waals surface area contributed by atoms with Crippen LogP contribution in [0.4, 0.5) is 0 Å². The Kier molecular flexibility index (Phi) is 6.65. The van der Waals surface area contributed by atoms with E-state index in [-0.39, 0.29) is 5.41 Å². The molecule has 268 valence electrons. The number of benzene rings is 8. The molecular formula is C53H36N4. The van der Waals surface area contributed by atoms with Crippen LogP contribution in [0.3, 0.4) is 0 Å². The van der Waals surface area contributed by atoms with Crippen LogP contribution in [0, 0.1) is 0 Å². The third-order valence-corrected chi connectivity index (χ3v) is 12.3. The van der Waals surface area contributed by atoms with Crippen molar-refractivity contribution in [3.63, 3.8) is 0 Å². The standard InChI is InChI=1S/C53H36N4/c1-53(2)41-25-13-9-21-37(41)45-48(53)46-39-23-11-15-27-43(39)56(35-19-7-4-8-20-35)51(46)47-40-24-12-16-28-44(40)57(50(45)47)36-31-29-34(30-32-36)52-54-42-26-14-10-22-38(42)49(55-52)33-17-5-3-6-18-33/h3-32H,1-2H3. The van der Waals surface area contributed by atoms with Crippen molar-refractivity contribution in [2.45, 2.75) is 19.3 Å². The van der Waals surface area contributed by atoms with Crippen molar-refractivity contribution in [1.29, 1.82) is 0 Å². The first kappa shape index (κ1) is 32.0. The summed E-state index contributed by atoms with van der Waals surface area (Å²) in [6.07, 6.45) is 0. The Morgan fingerprint density at radius 2 is 1.00 bits per heavy atom. The lowest BCUT2D eigenvalue weighted by Gasteiger charge is -2.23. The van der Waals surface area contributed by atoms with Gasteiger partial charge in [0.2, 0.25) is 0 Å². The van der Waals surface area contributed by atoms with E-state index in [1.807, 2.05) is 12.1 Å². The van der Waals surface area contributed by atoms with E-state index in [4.69, 9.17) is 9.97 Å². The predicted octanol–water partition coefficient (Wildman–Crippen LogP) is 13.5. The van der Waals surface area contributed by atoms with Gasteiger partial charge in [-0.2, -0.15) is 0 Å². The summed E-state index contributed by atoms with van der Waals surface area (Å²) < 4.78 is 5.02. The van der Waals surface area contributed by atoms with Crippen molar-refractivity contribution in [2.24, 2.45) is 0 Å². The van der Waals surface area contributed by atoms with Gasteiger partial charge in [-0.1, -0.05) is 141 Å². The van der Waals surface area contributed by atoms with Crippen LogP contribution in [0.25, 0.3) is 99.7 Å². The summed E-state index contributed by atoms with van der Waals surface area (Å²) in [5, 5.41) is 6.16. The SMILES string of the molecule is CC1(C)c2ccccc2-c2c1c1c3ccccc3n(-c3ccccc3)c1c1c3ccccc3n(-c3ccc(-c4nc(-c5ccccc5)c5ccccc5n4)cc3)c21. The molecule has 12 rings (SSSR count).